The Labute approximate surface area is 174 Å². The van der Waals surface area contributed by atoms with Crippen molar-refractivity contribution in [3.05, 3.63) is 66.2 Å². The molecule has 1 amide bonds. The second kappa shape index (κ2) is 10.4. The second-order valence-corrected chi connectivity index (χ2v) is 7.77. The zero-order valence-corrected chi connectivity index (χ0v) is 17.6. The number of benzene rings is 2. The summed E-state index contributed by atoms with van der Waals surface area (Å²) >= 11 is 0. The Morgan fingerprint density at radius 2 is 1.62 bits per heavy atom. The predicted molar refractivity (Wildman–Crippen MR) is 118 cm³/mol. The smallest absolute Gasteiger partial charge is 0.226 e. The third-order valence-electron chi connectivity index (χ3n) is 5.92. The molecule has 1 heterocycles. The molecule has 1 saturated heterocycles. The maximum Gasteiger partial charge on any atom is 0.226 e. The molecular weight excluding hydrogens is 360 g/mol. The van der Waals surface area contributed by atoms with Crippen molar-refractivity contribution in [1.82, 2.24) is 4.90 Å². The number of rotatable bonds is 8. The molecule has 4 nitrogen and oxygen atoms in total. The van der Waals surface area contributed by atoms with Crippen LogP contribution in [0.15, 0.2) is 60.7 Å². The minimum absolute atomic E-state index is 0.0646. The molecule has 1 fully saturated rings. The molecule has 0 spiro atoms. The Balaban J connectivity index is 1.77. The summed E-state index contributed by atoms with van der Waals surface area (Å²) in [7, 11) is 0. The van der Waals surface area contributed by atoms with Crippen LogP contribution in [0.1, 0.15) is 38.7 Å². The summed E-state index contributed by atoms with van der Waals surface area (Å²) in [5, 5.41) is 0. The number of likely N-dealkylation sites (tertiary alicyclic amines) is 1. The highest BCUT2D eigenvalue weighted by Gasteiger charge is 2.38. The van der Waals surface area contributed by atoms with Crippen LogP contribution in [-0.2, 0) is 16.0 Å². The van der Waals surface area contributed by atoms with Gasteiger partial charge in [-0.1, -0.05) is 62.4 Å². The van der Waals surface area contributed by atoms with Gasteiger partial charge in [0.1, 0.15) is 5.78 Å². The van der Waals surface area contributed by atoms with Gasteiger partial charge in [-0.25, -0.2) is 0 Å². The number of carbonyl (C=O) groups excluding carboxylic acids is 2. The van der Waals surface area contributed by atoms with Gasteiger partial charge in [0.05, 0.1) is 5.92 Å². The number of carbonyl (C=O) groups is 2. The Kier molecular flexibility index (Phi) is 7.59. The SMILES string of the molecule is CCC(=O)C1CN(CCc2ccccc2)CCC1N(C(=O)CC)c1ccccc1. The van der Waals surface area contributed by atoms with Gasteiger partial charge in [0.15, 0.2) is 0 Å². The summed E-state index contributed by atoms with van der Waals surface area (Å²) in [5.74, 6) is 0.206. The molecule has 0 radical (unpaired) electrons. The average Bonchev–Trinajstić information content (AvgIpc) is 2.79. The lowest BCUT2D eigenvalue weighted by molar-refractivity contribution is -0.125. The van der Waals surface area contributed by atoms with Crippen molar-refractivity contribution < 1.29 is 9.59 Å². The zero-order valence-electron chi connectivity index (χ0n) is 17.6. The number of Topliss-reactive ketones (excluding diaryl/α,β-unsaturated/α-hetero) is 1. The van der Waals surface area contributed by atoms with E-state index in [-0.39, 0.29) is 23.7 Å². The van der Waals surface area contributed by atoms with Crippen LogP contribution < -0.4 is 4.90 Å². The van der Waals surface area contributed by atoms with E-state index in [1.165, 1.54) is 5.56 Å². The first-order chi connectivity index (χ1) is 14.1. The molecule has 154 valence electrons. The minimum atomic E-state index is -0.139. The molecular formula is C25H32N2O2. The van der Waals surface area contributed by atoms with Crippen molar-refractivity contribution in [3.63, 3.8) is 0 Å². The molecule has 1 aliphatic rings. The molecule has 0 N–H and O–H groups in total. The molecule has 2 unspecified atom stereocenters. The van der Waals surface area contributed by atoms with Gasteiger partial charge in [-0.05, 0) is 30.5 Å². The van der Waals surface area contributed by atoms with E-state index in [4.69, 9.17) is 0 Å². The van der Waals surface area contributed by atoms with Crippen molar-refractivity contribution in [1.29, 1.82) is 0 Å². The van der Waals surface area contributed by atoms with Crippen LogP contribution in [0.2, 0.25) is 0 Å². The number of anilines is 1. The summed E-state index contributed by atoms with van der Waals surface area (Å²) < 4.78 is 0. The van der Waals surface area contributed by atoms with E-state index in [1.807, 2.05) is 55.1 Å². The van der Waals surface area contributed by atoms with Crippen molar-refractivity contribution in [2.45, 2.75) is 45.6 Å². The average molecular weight is 393 g/mol. The molecule has 2 atom stereocenters. The summed E-state index contributed by atoms with van der Waals surface area (Å²) in [4.78, 5) is 30.0. The zero-order chi connectivity index (χ0) is 20.6. The van der Waals surface area contributed by atoms with Gasteiger partial charge >= 0.3 is 0 Å². The Hall–Kier alpha value is -2.46. The van der Waals surface area contributed by atoms with Gasteiger partial charge in [-0.2, -0.15) is 0 Å². The fraction of sp³-hybridized carbons (Fsp3) is 0.440. The van der Waals surface area contributed by atoms with Crippen molar-refractivity contribution in [2.75, 3.05) is 24.5 Å². The van der Waals surface area contributed by atoms with E-state index in [0.717, 1.165) is 38.2 Å². The molecule has 3 rings (SSSR count). The standard InChI is InChI=1S/C25H32N2O2/c1-3-24(28)22-19-26(17-15-20-11-7-5-8-12-20)18-16-23(22)27(25(29)4-2)21-13-9-6-10-14-21/h5-14,22-23H,3-4,15-19H2,1-2H3. The number of amides is 1. The minimum Gasteiger partial charge on any atom is -0.309 e. The Bertz CT molecular complexity index is 791. The Morgan fingerprint density at radius 3 is 2.24 bits per heavy atom. The van der Waals surface area contributed by atoms with Crippen LogP contribution in [0.25, 0.3) is 0 Å². The summed E-state index contributed by atoms with van der Waals surface area (Å²) in [6, 6.07) is 20.2. The highest BCUT2D eigenvalue weighted by atomic mass is 16.2. The first kappa shape index (κ1) is 21.3. The summed E-state index contributed by atoms with van der Waals surface area (Å²) in [6.45, 7) is 6.40. The van der Waals surface area contributed by atoms with E-state index < -0.39 is 0 Å². The lowest BCUT2D eigenvalue weighted by Gasteiger charge is -2.43. The van der Waals surface area contributed by atoms with Crippen molar-refractivity contribution in [2.24, 2.45) is 5.92 Å². The number of ketones is 1. The van der Waals surface area contributed by atoms with E-state index in [9.17, 15) is 9.59 Å². The van der Waals surface area contributed by atoms with E-state index >= 15 is 0 Å². The molecule has 2 aromatic rings. The van der Waals surface area contributed by atoms with Crippen LogP contribution in [-0.4, -0.2) is 42.3 Å². The molecule has 2 aromatic carbocycles. The number of hydrogen-bond acceptors (Lipinski definition) is 3. The van der Waals surface area contributed by atoms with Crippen LogP contribution in [0.4, 0.5) is 5.69 Å². The number of hydrogen-bond donors (Lipinski definition) is 0. The summed E-state index contributed by atoms with van der Waals surface area (Å²) in [5.41, 5.74) is 2.22. The number of nitrogens with zero attached hydrogens (tertiary/aromatic N) is 2. The monoisotopic (exact) mass is 392 g/mol. The second-order valence-electron chi connectivity index (χ2n) is 7.77. The topological polar surface area (TPSA) is 40.6 Å². The molecule has 0 bridgehead atoms. The Morgan fingerprint density at radius 1 is 0.966 bits per heavy atom. The van der Waals surface area contributed by atoms with E-state index in [0.29, 0.717) is 12.8 Å². The van der Waals surface area contributed by atoms with E-state index in [1.54, 1.807) is 0 Å². The normalized spacial score (nSPS) is 19.7. The van der Waals surface area contributed by atoms with Gasteiger partial charge in [-0.3, -0.25) is 9.59 Å². The fourth-order valence-corrected chi connectivity index (χ4v) is 4.31. The molecule has 0 aromatic heterocycles. The van der Waals surface area contributed by atoms with Crippen LogP contribution in [0.5, 0.6) is 0 Å². The first-order valence-electron chi connectivity index (χ1n) is 10.8. The lowest BCUT2D eigenvalue weighted by atomic mass is 9.85. The quantitative estimate of drug-likeness (QED) is 0.671. The van der Waals surface area contributed by atoms with Gasteiger partial charge < -0.3 is 9.80 Å². The lowest BCUT2D eigenvalue weighted by Crippen LogP contribution is -2.55. The van der Waals surface area contributed by atoms with Gasteiger partial charge in [0.25, 0.3) is 0 Å². The van der Waals surface area contributed by atoms with Gasteiger partial charge in [-0.15, -0.1) is 0 Å². The highest BCUT2D eigenvalue weighted by Crippen LogP contribution is 2.29. The maximum absolute atomic E-state index is 12.9. The number of piperidine rings is 1. The van der Waals surface area contributed by atoms with Crippen LogP contribution in [0, 0.1) is 5.92 Å². The third kappa shape index (κ3) is 5.33. The molecule has 0 saturated carbocycles. The third-order valence-corrected chi connectivity index (χ3v) is 5.92. The molecule has 0 aliphatic carbocycles. The fourth-order valence-electron chi connectivity index (χ4n) is 4.31. The first-order valence-corrected chi connectivity index (χ1v) is 10.8. The van der Waals surface area contributed by atoms with Crippen molar-refractivity contribution >= 4 is 17.4 Å². The van der Waals surface area contributed by atoms with Crippen LogP contribution in [0.3, 0.4) is 0 Å². The predicted octanol–water partition coefficient (Wildman–Crippen LogP) is 4.34. The highest BCUT2D eigenvalue weighted by molar-refractivity contribution is 5.95. The summed E-state index contributed by atoms with van der Waals surface area (Å²) in [6.07, 6.45) is 2.76. The van der Waals surface area contributed by atoms with Crippen molar-refractivity contribution in [3.8, 4) is 0 Å². The van der Waals surface area contributed by atoms with E-state index in [2.05, 4.69) is 29.2 Å². The molecule has 1 aliphatic heterocycles. The number of para-hydroxylation sites is 1. The molecule has 29 heavy (non-hydrogen) atoms. The van der Waals surface area contributed by atoms with Gasteiger partial charge in [0.2, 0.25) is 5.91 Å². The van der Waals surface area contributed by atoms with Gasteiger partial charge in [0, 0.05) is 44.2 Å². The molecule has 4 heteroatoms. The maximum atomic E-state index is 12.9. The largest absolute Gasteiger partial charge is 0.309 e. The van der Waals surface area contributed by atoms with Crippen LogP contribution >= 0.6 is 0 Å².